The molecule has 0 amide bonds. The second-order valence-electron chi connectivity index (χ2n) is 11.8. The predicted octanol–water partition coefficient (Wildman–Crippen LogP) is 0.427. The summed E-state index contributed by atoms with van der Waals surface area (Å²) in [6.45, 7) is 24.5. The number of hydrogen-bond donors (Lipinski definition) is 0. The summed E-state index contributed by atoms with van der Waals surface area (Å²) in [5.74, 6) is 0. The van der Waals surface area contributed by atoms with Crippen LogP contribution in [-0.4, -0.2) is 214 Å². The highest BCUT2D eigenvalue weighted by molar-refractivity contribution is 4.81. The van der Waals surface area contributed by atoms with Gasteiger partial charge in [0.05, 0.1) is 33.0 Å². The van der Waals surface area contributed by atoms with E-state index in [1.54, 1.807) is 14.2 Å². The van der Waals surface area contributed by atoms with Gasteiger partial charge < -0.3 is 28.9 Å². The molecule has 244 valence electrons. The van der Waals surface area contributed by atoms with Gasteiger partial charge >= 0.3 is 0 Å². The molecule has 41 heavy (non-hydrogen) atoms. The number of hydroxylamine groups is 2. The standard InChI is InChI=1S/C11H23N3.C10H22N2O2.C9H20N2O2/c1-12-5-3-11(4-6-12)14-9-7-13(2)8-10-14;1-11-3-5-12(6-4-11)7-8-14-10-9-13-2;1-3-13-11-6-4-10(5-7-11)8-9-12-2/h11H,3-10H2,1-2H3;3-10H2,1-2H3;3-9H2,1-2H3. The molecule has 0 saturated carbocycles. The molecular weight excluding hydrogens is 522 g/mol. The lowest BCUT2D eigenvalue weighted by molar-refractivity contribution is -0.173. The van der Waals surface area contributed by atoms with Crippen LogP contribution in [0, 0.1) is 0 Å². The SMILES string of the molecule is CCON1CCN(CCOC)CC1.CN1CCC(N2CCN(C)CC2)CC1.COCCOCCN1CCN(C)CC1. The molecule has 0 aliphatic carbocycles. The number of piperazine rings is 3. The summed E-state index contributed by atoms with van der Waals surface area (Å²) in [5, 5.41) is 2.04. The number of methoxy groups -OCH3 is 2. The van der Waals surface area contributed by atoms with E-state index in [0.717, 1.165) is 65.1 Å². The maximum atomic E-state index is 5.42. The van der Waals surface area contributed by atoms with E-state index in [-0.39, 0.29) is 0 Å². The molecule has 0 unspecified atom stereocenters. The monoisotopic (exact) mass is 588 g/mol. The number of likely N-dealkylation sites (tertiary alicyclic amines) is 1. The van der Waals surface area contributed by atoms with E-state index in [1.165, 1.54) is 78.3 Å². The lowest BCUT2D eigenvalue weighted by Crippen LogP contribution is -2.51. The molecule has 0 bridgehead atoms. The Hall–Kier alpha value is -0.440. The quantitative estimate of drug-likeness (QED) is 0.299. The van der Waals surface area contributed by atoms with Crippen molar-refractivity contribution in [2.45, 2.75) is 25.8 Å². The predicted molar refractivity (Wildman–Crippen MR) is 168 cm³/mol. The van der Waals surface area contributed by atoms with E-state index in [0.29, 0.717) is 13.2 Å². The molecule has 11 heteroatoms. The lowest BCUT2D eigenvalue weighted by atomic mass is 10.0. The van der Waals surface area contributed by atoms with E-state index in [2.05, 4.69) is 50.5 Å². The van der Waals surface area contributed by atoms with Gasteiger partial charge in [0.25, 0.3) is 0 Å². The van der Waals surface area contributed by atoms with Crippen molar-refractivity contribution in [3.05, 3.63) is 0 Å². The van der Waals surface area contributed by atoms with Crippen LogP contribution in [0.3, 0.4) is 0 Å². The maximum Gasteiger partial charge on any atom is 0.0700 e. The van der Waals surface area contributed by atoms with Gasteiger partial charge in [-0.25, -0.2) is 0 Å². The van der Waals surface area contributed by atoms with Crippen molar-refractivity contribution >= 4 is 0 Å². The third kappa shape index (κ3) is 16.8. The van der Waals surface area contributed by atoms with Gasteiger partial charge in [-0.1, -0.05) is 0 Å². The van der Waals surface area contributed by atoms with Crippen LogP contribution in [0.2, 0.25) is 0 Å². The molecular formula is C30H65N7O4. The molecule has 4 rings (SSSR count). The molecule has 0 aromatic heterocycles. The Bertz CT molecular complexity index is 571. The largest absolute Gasteiger partial charge is 0.383 e. The van der Waals surface area contributed by atoms with E-state index in [4.69, 9.17) is 19.0 Å². The number of nitrogens with zero attached hydrogens (tertiary/aromatic N) is 7. The summed E-state index contributed by atoms with van der Waals surface area (Å²) in [6.07, 6.45) is 2.75. The molecule has 4 aliphatic rings. The second-order valence-corrected chi connectivity index (χ2v) is 11.8. The van der Waals surface area contributed by atoms with Crippen molar-refractivity contribution in [3.8, 4) is 0 Å². The molecule has 11 nitrogen and oxygen atoms in total. The van der Waals surface area contributed by atoms with Gasteiger partial charge in [-0.05, 0) is 54.0 Å². The Morgan fingerprint density at radius 2 is 1.02 bits per heavy atom. The summed E-state index contributed by atoms with van der Waals surface area (Å²) in [5.41, 5.74) is 0. The molecule has 4 saturated heterocycles. The normalized spacial score (nSPS) is 23.6. The molecule has 0 radical (unpaired) electrons. The molecule has 0 aromatic rings. The number of piperidine rings is 1. The zero-order chi connectivity index (χ0) is 29.7. The highest BCUT2D eigenvalue weighted by atomic mass is 16.7. The first-order valence-electron chi connectivity index (χ1n) is 16.1. The van der Waals surface area contributed by atoms with Crippen molar-refractivity contribution in [1.29, 1.82) is 0 Å². The first-order valence-corrected chi connectivity index (χ1v) is 16.1. The van der Waals surface area contributed by atoms with E-state index in [9.17, 15) is 0 Å². The van der Waals surface area contributed by atoms with Crippen LogP contribution in [0.25, 0.3) is 0 Å². The zero-order valence-electron chi connectivity index (χ0n) is 27.6. The van der Waals surface area contributed by atoms with E-state index >= 15 is 0 Å². The highest BCUT2D eigenvalue weighted by Gasteiger charge is 2.25. The fourth-order valence-corrected chi connectivity index (χ4v) is 5.54. The average molecular weight is 588 g/mol. The Labute approximate surface area is 252 Å². The fourth-order valence-electron chi connectivity index (χ4n) is 5.54. The smallest absolute Gasteiger partial charge is 0.0700 e. The van der Waals surface area contributed by atoms with Crippen molar-refractivity contribution in [2.24, 2.45) is 0 Å². The first kappa shape index (κ1) is 36.8. The number of hydrogen-bond acceptors (Lipinski definition) is 11. The van der Waals surface area contributed by atoms with Crippen LogP contribution in [0.5, 0.6) is 0 Å². The molecule has 0 atom stereocenters. The van der Waals surface area contributed by atoms with Crippen LogP contribution >= 0.6 is 0 Å². The fraction of sp³-hybridized carbons (Fsp3) is 1.00. The van der Waals surface area contributed by atoms with Gasteiger partial charge in [0.2, 0.25) is 0 Å². The van der Waals surface area contributed by atoms with E-state index in [1.807, 2.05) is 12.0 Å². The maximum absolute atomic E-state index is 5.42. The minimum Gasteiger partial charge on any atom is -0.383 e. The summed E-state index contributed by atoms with van der Waals surface area (Å²) in [6, 6.07) is 0.875. The Morgan fingerprint density at radius 3 is 1.56 bits per heavy atom. The second kappa shape index (κ2) is 23.0. The number of ether oxygens (including phenoxy) is 3. The minimum absolute atomic E-state index is 0.697. The van der Waals surface area contributed by atoms with Crippen molar-refractivity contribution < 1.29 is 19.0 Å². The van der Waals surface area contributed by atoms with Crippen molar-refractivity contribution in [2.75, 3.05) is 173 Å². The van der Waals surface area contributed by atoms with Gasteiger partial charge in [0.15, 0.2) is 0 Å². The van der Waals surface area contributed by atoms with Crippen molar-refractivity contribution in [1.82, 2.24) is 34.5 Å². The summed E-state index contributed by atoms with van der Waals surface area (Å²) >= 11 is 0. The third-order valence-corrected chi connectivity index (χ3v) is 8.58. The molecule has 0 spiro atoms. The third-order valence-electron chi connectivity index (χ3n) is 8.58. The molecule has 4 heterocycles. The van der Waals surface area contributed by atoms with Gasteiger partial charge in [-0.2, -0.15) is 5.06 Å². The van der Waals surface area contributed by atoms with Gasteiger partial charge in [-0.15, -0.1) is 0 Å². The Morgan fingerprint density at radius 1 is 0.537 bits per heavy atom. The van der Waals surface area contributed by atoms with Crippen LogP contribution in [0.4, 0.5) is 0 Å². The first-order chi connectivity index (χ1) is 19.9. The van der Waals surface area contributed by atoms with Gasteiger partial charge in [-0.3, -0.25) is 19.5 Å². The lowest BCUT2D eigenvalue weighted by Gasteiger charge is -2.41. The molecule has 0 aromatic carbocycles. The molecule has 0 N–H and O–H groups in total. The minimum atomic E-state index is 0.697. The zero-order valence-corrected chi connectivity index (χ0v) is 27.6. The number of rotatable bonds is 12. The Balaban J connectivity index is 0.000000215. The van der Waals surface area contributed by atoms with Crippen LogP contribution in [-0.2, 0) is 19.0 Å². The Kier molecular flexibility index (Phi) is 20.6. The van der Waals surface area contributed by atoms with Crippen LogP contribution in [0.15, 0.2) is 0 Å². The number of likely N-dealkylation sites (N-methyl/N-ethyl adjacent to an activating group) is 2. The summed E-state index contributed by atoms with van der Waals surface area (Å²) < 4.78 is 15.4. The van der Waals surface area contributed by atoms with Crippen LogP contribution in [0.1, 0.15) is 19.8 Å². The van der Waals surface area contributed by atoms with Gasteiger partial charge in [0.1, 0.15) is 0 Å². The van der Waals surface area contributed by atoms with E-state index < -0.39 is 0 Å². The highest BCUT2D eigenvalue weighted by Crippen LogP contribution is 2.16. The summed E-state index contributed by atoms with van der Waals surface area (Å²) in [7, 11) is 10.1. The average Bonchev–Trinajstić information content (AvgIpc) is 2.99. The summed E-state index contributed by atoms with van der Waals surface area (Å²) in [4.78, 5) is 20.2. The molecule has 4 fully saturated rings. The van der Waals surface area contributed by atoms with Crippen LogP contribution < -0.4 is 0 Å². The topological polar surface area (TPSA) is 59.6 Å². The molecule has 4 aliphatic heterocycles. The van der Waals surface area contributed by atoms with Gasteiger partial charge in [0, 0.05) is 112 Å². The van der Waals surface area contributed by atoms with Crippen molar-refractivity contribution in [3.63, 3.8) is 0 Å².